The summed E-state index contributed by atoms with van der Waals surface area (Å²) in [7, 11) is 0. The van der Waals surface area contributed by atoms with E-state index in [1.807, 2.05) is 48.7 Å². The Kier molecular flexibility index (Phi) is 10.1. The van der Waals surface area contributed by atoms with E-state index >= 15 is 0 Å². The third kappa shape index (κ3) is 7.88. The average Bonchev–Trinajstić information content (AvgIpc) is 3.00. The van der Waals surface area contributed by atoms with Gasteiger partial charge < -0.3 is 20.8 Å². The number of benzene rings is 3. The lowest BCUT2D eigenvalue weighted by atomic mass is 10.2. The number of nitrogens with one attached hydrogen (secondary N) is 4. The van der Waals surface area contributed by atoms with E-state index in [1.165, 1.54) is 10.9 Å². The predicted molar refractivity (Wildman–Crippen MR) is 164 cm³/mol. The van der Waals surface area contributed by atoms with Crippen LogP contribution in [-0.4, -0.2) is 47.7 Å². The van der Waals surface area contributed by atoms with Crippen molar-refractivity contribution in [2.45, 2.75) is 25.7 Å². The molecule has 0 amide bonds. The van der Waals surface area contributed by atoms with E-state index in [9.17, 15) is 0 Å². The standard InChI is InChI=1S/C32H37N7O/c1-2-9-25(10-3-1)15-21-38-39-32-28-14-13-26(23-31(28)36-24-37-32)40-22-8-18-33-17-6-7-19-34-30-16-20-35-29-12-5-4-11-27(29)30/h1-5,9-14,16,20,23-24,33,38H,6-8,15,17-19,21-22H2,(H,34,35)(H,36,37,39). The lowest BCUT2D eigenvalue weighted by Crippen LogP contribution is -2.25. The SMILES string of the molecule is c1ccc(CCNNc2ncnc3cc(OCCCNCCCCNc4ccnc5ccccc45)ccc23)cc1. The van der Waals surface area contributed by atoms with Crippen LogP contribution in [-0.2, 0) is 6.42 Å². The van der Waals surface area contributed by atoms with Crippen molar-refractivity contribution in [2.75, 3.05) is 43.5 Å². The number of hydrogen-bond acceptors (Lipinski definition) is 8. The third-order valence-electron chi connectivity index (χ3n) is 6.71. The van der Waals surface area contributed by atoms with Crippen molar-refractivity contribution in [1.82, 2.24) is 25.7 Å². The minimum Gasteiger partial charge on any atom is -0.493 e. The molecule has 0 unspecified atom stereocenters. The van der Waals surface area contributed by atoms with Crippen LogP contribution in [0.15, 0.2) is 91.4 Å². The highest BCUT2D eigenvalue weighted by Gasteiger charge is 2.05. The number of aromatic nitrogens is 3. The van der Waals surface area contributed by atoms with Crippen LogP contribution in [0.3, 0.4) is 0 Å². The van der Waals surface area contributed by atoms with Gasteiger partial charge in [0.05, 0.1) is 17.6 Å². The number of ether oxygens (including phenoxy) is 1. The Balaban J connectivity index is 0.949. The molecule has 0 spiro atoms. The Morgan fingerprint density at radius 3 is 2.48 bits per heavy atom. The molecule has 40 heavy (non-hydrogen) atoms. The summed E-state index contributed by atoms with van der Waals surface area (Å²) < 4.78 is 5.98. The van der Waals surface area contributed by atoms with Crippen molar-refractivity contribution < 1.29 is 4.74 Å². The number of rotatable bonds is 16. The molecule has 4 N–H and O–H groups in total. The maximum absolute atomic E-state index is 5.98. The maximum Gasteiger partial charge on any atom is 0.151 e. The Labute approximate surface area is 235 Å². The number of unbranched alkanes of at least 4 members (excludes halogenated alkanes) is 1. The van der Waals surface area contributed by atoms with Crippen molar-refractivity contribution >= 4 is 33.3 Å². The third-order valence-corrected chi connectivity index (χ3v) is 6.71. The second kappa shape index (κ2) is 14.8. The van der Waals surface area contributed by atoms with Gasteiger partial charge in [-0.05, 0) is 68.6 Å². The predicted octanol–water partition coefficient (Wildman–Crippen LogP) is 5.59. The molecule has 5 aromatic rings. The number of nitrogens with zero attached hydrogens (tertiary/aromatic N) is 3. The van der Waals surface area contributed by atoms with Crippen molar-refractivity contribution in [3.05, 3.63) is 97.0 Å². The highest BCUT2D eigenvalue weighted by molar-refractivity contribution is 5.91. The molecular weight excluding hydrogens is 498 g/mol. The fourth-order valence-corrected chi connectivity index (χ4v) is 4.58. The summed E-state index contributed by atoms with van der Waals surface area (Å²) in [6.07, 6.45) is 7.55. The van der Waals surface area contributed by atoms with Gasteiger partial charge in [0.15, 0.2) is 5.82 Å². The van der Waals surface area contributed by atoms with Crippen LogP contribution in [0.4, 0.5) is 11.5 Å². The molecule has 3 aromatic carbocycles. The minimum absolute atomic E-state index is 0.659. The monoisotopic (exact) mass is 535 g/mol. The number of hydrazine groups is 1. The molecule has 2 heterocycles. The Morgan fingerprint density at radius 2 is 1.52 bits per heavy atom. The zero-order valence-electron chi connectivity index (χ0n) is 22.8. The molecule has 206 valence electrons. The summed E-state index contributed by atoms with van der Waals surface area (Å²) in [4.78, 5) is 13.2. The van der Waals surface area contributed by atoms with Gasteiger partial charge in [0.1, 0.15) is 12.1 Å². The molecule has 8 heteroatoms. The van der Waals surface area contributed by atoms with E-state index in [-0.39, 0.29) is 0 Å². The van der Waals surface area contributed by atoms with Gasteiger partial charge in [-0.15, -0.1) is 0 Å². The van der Waals surface area contributed by atoms with Gasteiger partial charge in [-0.3, -0.25) is 4.98 Å². The molecule has 0 atom stereocenters. The van der Waals surface area contributed by atoms with Gasteiger partial charge in [-0.2, -0.15) is 0 Å². The minimum atomic E-state index is 0.659. The molecule has 5 rings (SSSR count). The number of para-hydroxylation sites is 1. The van der Waals surface area contributed by atoms with E-state index < -0.39 is 0 Å². The molecule has 0 aliphatic heterocycles. The lowest BCUT2D eigenvalue weighted by Gasteiger charge is -2.11. The van der Waals surface area contributed by atoms with E-state index in [0.717, 1.165) is 85.5 Å². The molecule has 0 saturated heterocycles. The molecular formula is C32H37N7O. The smallest absolute Gasteiger partial charge is 0.151 e. The van der Waals surface area contributed by atoms with Gasteiger partial charge >= 0.3 is 0 Å². The van der Waals surface area contributed by atoms with Gasteiger partial charge in [-0.25, -0.2) is 15.4 Å². The summed E-state index contributed by atoms with van der Waals surface area (Å²) in [6, 6.07) is 26.6. The van der Waals surface area contributed by atoms with Crippen LogP contribution in [0.1, 0.15) is 24.8 Å². The number of pyridine rings is 1. The number of hydrogen-bond donors (Lipinski definition) is 4. The molecule has 0 aliphatic carbocycles. The molecule has 0 fully saturated rings. The van der Waals surface area contributed by atoms with E-state index in [2.05, 4.69) is 72.8 Å². The largest absolute Gasteiger partial charge is 0.493 e. The lowest BCUT2D eigenvalue weighted by molar-refractivity contribution is 0.308. The molecule has 0 bridgehead atoms. The van der Waals surface area contributed by atoms with Crippen LogP contribution in [0, 0.1) is 0 Å². The maximum atomic E-state index is 5.98. The van der Waals surface area contributed by atoms with E-state index in [1.54, 1.807) is 6.33 Å². The van der Waals surface area contributed by atoms with Gasteiger partial charge in [0.2, 0.25) is 0 Å². The van der Waals surface area contributed by atoms with Crippen LogP contribution < -0.4 is 26.2 Å². The zero-order valence-corrected chi connectivity index (χ0v) is 22.8. The summed E-state index contributed by atoms with van der Waals surface area (Å²) >= 11 is 0. The fourth-order valence-electron chi connectivity index (χ4n) is 4.58. The average molecular weight is 536 g/mol. The Morgan fingerprint density at radius 1 is 0.675 bits per heavy atom. The first-order chi connectivity index (χ1) is 19.9. The number of anilines is 2. The highest BCUT2D eigenvalue weighted by atomic mass is 16.5. The summed E-state index contributed by atoms with van der Waals surface area (Å²) in [5.41, 5.74) is 10.8. The first-order valence-electron chi connectivity index (χ1n) is 14.1. The zero-order chi connectivity index (χ0) is 27.2. The summed E-state index contributed by atoms with van der Waals surface area (Å²) in [5.74, 6) is 1.59. The molecule has 8 nitrogen and oxygen atoms in total. The quantitative estimate of drug-likeness (QED) is 0.0960. The topological polar surface area (TPSA) is 96.0 Å². The van der Waals surface area contributed by atoms with Crippen LogP contribution in [0.5, 0.6) is 5.75 Å². The van der Waals surface area contributed by atoms with E-state index in [4.69, 9.17) is 4.74 Å². The van der Waals surface area contributed by atoms with Crippen molar-refractivity contribution in [2.24, 2.45) is 0 Å². The Hall–Kier alpha value is -4.27. The van der Waals surface area contributed by atoms with Crippen molar-refractivity contribution in [3.63, 3.8) is 0 Å². The Bertz CT molecular complexity index is 1470. The molecule has 2 aromatic heterocycles. The second-order valence-corrected chi connectivity index (χ2v) is 9.65. The van der Waals surface area contributed by atoms with Crippen LogP contribution >= 0.6 is 0 Å². The van der Waals surface area contributed by atoms with Gasteiger partial charge in [0, 0.05) is 41.8 Å². The first kappa shape index (κ1) is 27.3. The molecule has 0 radical (unpaired) electrons. The van der Waals surface area contributed by atoms with Gasteiger partial charge in [0.25, 0.3) is 0 Å². The highest BCUT2D eigenvalue weighted by Crippen LogP contribution is 2.24. The van der Waals surface area contributed by atoms with Crippen LogP contribution in [0.25, 0.3) is 21.8 Å². The first-order valence-corrected chi connectivity index (χ1v) is 14.1. The molecule has 0 saturated carbocycles. The fraction of sp³-hybridized carbons (Fsp3) is 0.281. The second-order valence-electron chi connectivity index (χ2n) is 9.65. The van der Waals surface area contributed by atoms with E-state index in [0.29, 0.717) is 6.61 Å². The van der Waals surface area contributed by atoms with Gasteiger partial charge in [-0.1, -0.05) is 48.5 Å². The van der Waals surface area contributed by atoms with Crippen LogP contribution in [0.2, 0.25) is 0 Å². The summed E-state index contributed by atoms with van der Waals surface area (Å²) in [6.45, 7) is 4.34. The summed E-state index contributed by atoms with van der Waals surface area (Å²) in [5, 5.41) is 9.19. The van der Waals surface area contributed by atoms with Crippen molar-refractivity contribution in [1.29, 1.82) is 0 Å². The molecule has 0 aliphatic rings. The van der Waals surface area contributed by atoms with Crippen molar-refractivity contribution in [3.8, 4) is 5.75 Å². The number of fused-ring (bicyclic) bond motifs is 2. The normalized spacial score (nSPS) is 11.1.